The average molecular weight is 448 g/mol. The number of aliphatic hydroxyl groups excluding tert-OH is 2. The van der Waals surface area contributed by atoms with E-state index < -0.39 is 60.6 Å². The predicted octanol–water partition coefficient (Wildman–Crippen LogP) is -2.60. The maximum atomic E-state index is 12.7. The monoisotopic (exact) mass is 447 g/mol. The molecule has 5 atom stereocenters. The van der Waals surface area contributed by atoms with Gasteiger partial charge in [-0.05, 0) is 45.1 Å². The molecule has 10 N–H and O–H groups in total. The highest BCUT2D eigenvalue weighted by Gasteiger charge is 2.32. The van der Waals surface area contributed by atoms with E-state index in [1.165, 1.54) is 6.92 Å². The van der Waals surface area contributed by atoms with Crippen LogP contribution in [-0.4, -0.2) is 82.4 Å². The normalized spacial score (nSPS) is 16.0. The minimum Gasteiger partial charge on any atom is -0.480 e. The van der Waals surface area contributed by atoms with Crippen molar-refractivity contribution in [1.82, 2.24) is 16.0 Å². The zero-order valence-corrected chi connectivity index (χ0v) is 18.3. The van der Waals surface area contributed by atoms with Crippen molar-refractivity contribution in [2.45, 2.75) is 76.7 Å². The summed E-state index contributed by atoms with van der Waals surface area (Å²) in [5, 5.41) is 35.3. The zero-order chi connectivity index (χ0) is 24.1. The maximum absolute atomic E-state index is 12.7. The Morgan fingerprint density at radius 3 is 1.94 bits per heavy atom. The summed E-state index contributed by atoms with van der Waals surface area (Å²) in [6.07, 6.45) is 0.184. The largest absolute Gasteiger partial charge is 0.480 e. The van der Waals surface area contributed by atoms with E-state index in [-0.39, 0.29) is 18.8 Å². The van der Waals surface area contributed by atoms with E-state index in [1.807, 2.05) is 13.8 Å². The molecule has 0 saturated heterocycles. The lowest BCUT2D eigenvalue weighted by Gasteiger charge is -2.27. The molecule has 0 bridgehead atoms. The van der Waals surface area contributed by atoms with E-state index in [1.54, 1.807) is 0 Å². The van der Waals surface area contributed by atoms with Gasteiger partial charge in [0.25, 0.3) is 0 Å². The van der Waals surface area contributed by atoms with Crippen LogP contribution in [0.2, 0.25) is 0 Å². The number of amides is 3. The van der Waals surface area contributed by atoms with E-state index in [0.29, 0.717) is 19.4 Å². The molecule has 0 spiro atoms. The van der Waals surface area contributed by atoms with Crippen LogP contribution in [0.1, 0.15) is 46.5 Å². The van der Waals surface area contributed by atoms with Gasteiger partial charge in [-0.1, -0.05) is 13.8 Å². The van der Waals surface area contributed by atoms with E-state index in [2.05, 4.69) is 16.0 Å². The van der Waals surface area contributed by atoms with E-state index >= 15 is 0 Å². The number of carbonyl (C=O) groups is 4. The van der Waals surface area contributed by atoms with Gasteiger partial charge in [-0.3, -0.25) is 14.4 Å². The Balaban J connectivity index is 5.34. The van der Waals surface area contributed by atoms with E-state index in [4.69, 9.17) is 16.6 Å². The number of aliphatic hydroxyl groups is 2. The lowest BCUT2D eigenvalue weighted by molar-refractivity contribution is -0.142. The van der Waals surface area contributed by atoms with Gasteiger partial charge >= 0.3 is 5.97 Å². The van der Waals surface area contributed by atoms with Crippen molar-refractivity contribution in [1.29, 1.82) is 0 Å². The Bertz CT molecular complexity index is 600. The maximum Gasteiger partial charge on any atom is 0.326 e. The SMILES string of the molecule is CC(C)CC(NC(=O)C(NC(=O)C(N)CO)C(C)O)C(=O)NC(CCCCN)C(=O)O. The smallest absolute Gasteiger partial charge is 0.326 e. The molecule has 0 aliphatic rings. The van der Waals surface area contributed by atoms with Crippen LogP contribution >= 0.6 is 0 Å². The molecule has 0 heterocycles. The number of hydrogen-bond acceptors (Lipinski definition) is 8. The summed E-state index contributed by atoms with van der Waals surface area (Å²) >= 11 is 0. The van der Waals surface area contributed by atoms with Crippen molar-refractivity contribution in [3.63, 3.8) is 0 Å². The van der Waals surface area contributed by atoms with Gasteiger partial charge in [-0.25, -0.2) is 4.79 Å². The van der Waals surface area contributed by atoms with Gasteiger partial charge in [0, 0.05) is 0 Å². The number of carboxylic acids is 1. The topological polar surface area (TPSA) is 217 Å². The van der Waals surface area contributed by atoms with Crippen LogP contribution in [0, 0.1) is 5.92 Å². The fourth-order valence-corrected chi connectivity index (χ4v) is 2.74. The number of carbonyl (C=O) groups excluding carboxylic acids is 3. The number of aliphatic carboxylic acids is 1. The van der Waals surface area contributed by atoms with Crippen molar-refractivity contribution >= 4 is 23.7 Å². The van der Waals surface area contributed by atoms with Gasteiger partial charge in [-0.2, -0.15) is 0 Å². The molecular formula is C19H37N5O7. The molecule has 0 aliphatic heterocycles. The predicted molar refractivity (Wildman–Crippen MR) is 113 cm³/mol. The fourth-order valence-electron chi connectivity index (χ4n) is 2.74. The average Bonchev–Trinajstić information content (AvgIpc) is 2.68. The van der Waals surface area contributed by atoms with Crippen LogP contribution in [0.5, 0.6) is 0 Å². The minimum absolute atomic E-state index is 0.0287. The van der Waals surface area contributed by atoms with Gasteiger partial charge in [0.15, 0.2) is 0 Å². The summed E-state index contributed by atoms with van der Waals surface area (Å²) in [6.45, 7) is 4.65. The molecule has 0 aromatic rings. The molecule has 0 aromatic carbocycles. The highest BCUT2D eigenvalue weighted by molar-refractivity contribution is 5.94. The molecule has 0 saturated carbocycles. The number of carboxylic acid groups (broad SMARTS) is 1. The van der Waals surface area contributed by atoms with Gasteiger partial charge in [0.2, 0.25) is 17.7 Å². The second-order valence-corrected chi connectivity index (χ2v) is 7.89. The second-order valence-electron chi connectivity index (χ2n) is 7.89. The van der Waals surface area contributed by atoms with Gasteiger partial charge in [0.1, 0.15) is 24.2 Å². The minimum atomic E-state index is -1.42. The highest BCUT2D eigenvalue weighted by Crippen LogP contribution is 2.08. The Kier molecular flexibility index (Phi) is 13.6. The second kappa shape index (κ2) is 14.7. The highest BCUT2D eigenvalue weighted by atomic mass is 16.4. The Morgan fingerprint density at radius 2 is 1.48 bits per heavy atom. The molecule has 12 nitrogen and oxygen atoms in total. The summed E-state index contributed by atoms with van der Waals surface area (Å²) in [5.74, 6) is -3.61. The lowest BCUT2D eigenvalue weighted by atomic mass is 10.0. The summed E-state index contributed by atoms with van der Waals surface area (Å²) in [7, 11) is 0. The zero-order valence-electron chi connectivity index (χ0n) is 18.3. The molecule has 31 heavy (non-hydrogen) atoms. The van der Waals surface area contributed by atoms with Crippen LogP contribution in [-0.2, 0) is 19.2 Å². The number of rotatable bonds is 15. The van der Waals surface area contributed by atoms with Crippen LogP contribution in [0.25, 0.3) is 0 Å². The van der Waals surface area contributed by atoms with Crippen molar-refractivity contribution in [3.8, 4) is 0 Å². The third-order valence-electron chi connectivity index (χ3n) is 4.50. The number of hydrogen-bond donors (Lipinski definition) is 8. The molecule has 0 fully saturated rings. The quantitative estimate of drug-likeness (QED) is 0.123. The molecule has 0 aliphatic carbocycles. The molecule has 180 valence electrons. The van der Waals surface area contributed by atoms with Crippen LogP contribution in [0.4, 0.5) is 0 Å². The first kappa shape index (κ1) is 28.7. The standard InChI is InChI=1S/C19H37N5O7/c1-10(2)8-14(17(28)22-13(19(30)31)6-4-5-7-20)23-18(29)15(11(3)26)24-16(27)12(21)9-25/h10-15,25-26H,4-9,20-21H2,1-3H3,(H,22,28)(H,23,29)(H,24,27)(H,30,31). The first-order valence-electron chi connectivity index (χ1n) is 10.3. The first-order chi connectivity index (χ1) is 14.4. The third-order valence-corrected chi connectivity index (χ3v) is 4.50. The summed E-state index contributed by atoms with van der Waals surface area (Å²) < 4.78 is 0. The van der Waals surface area contributed by atoms with Gasteiger partial charge in [-0.15, -0.1) is 0 Å². The summed E-state index contributed by atoms with van der Waals surface area (Å²) in [5.41, 5.74) is 10.8. The van der Waals surface area contributed by atoms with Gasteiger partial charge in [0.05, 0.1) is 12.7 Å². The van der Waals surface area contributed by atoms with Crippen molar-refractivity contribution in [2.24, 2.45) is 17.4 Å². The van der Waals surface area contributed by atoms with E-state index in [9.17, 15) is 29.4 Å². The summed E-state index contributed by atoms with van der Waals surface area (Å²) in [6, 6.07) is -4.94. The molecule has 5 unspecified atom stereocenters. The first-order valence-corrected chi connectivity index (χ1v) is 10.3. The Labute approximate surface area is 182 Å². The Morgan fingerprint density at radius 1 is 0.903 bits per heavy atom. The number of nitrogens with one attached hydrogen (secondary N) is 3. The molecule has 0 rings (SSSR count). The number of unbranched alkanes of at least 4 members (excludes halogenated alkanes) is 1. The van der Waals surface area contributed by atoms with Crippen LogP contribution in [0.3, 0.4) is 0 Å². The van der Waals surface area contributed by atoms with Crippen molar-refractivity contribution < 1.29 is 34.5 Å². The van der Waals surface area contributed by atoms with Gasteiger partial charge < -0.3 is 42.7 Å². The summed E-state index contributed by atoms with van der Waals surface area (Å²) in [4.78, 5) is 48.7. The van der Waals surface area contributed by atoms with Crippen LogP contribution < -0.4 is 27.4 Å². The third kappa shape index (κ3) is 11.1. The van der Waals surface area contributed by atoms with Crippen LogP contribution in [0.15, 0.2) is 0 Å². The molecule has 12 heteroatoms. The molecule has 3 amide bonds. The molecular weight excluding hydrogens is 410 g/mol. The Hall–Kier alpha value is -2.28. The fraction of sp³-hybridized carbons (Fsp3) is 0.789. The molecule has 0 aromatic heterocycles. The van der Waals surface area contributed by atoms with E-state index in [0.717, 1.165) is 0 Å². The lowest BCUT2D eigenvalue weighted by Crippen LogP contribution is -2.60. The number of nitrogens with two attached hydrogens (primary N) is 2. The van der Waals surface area contributed by atoms with Crippen molar-refractivity contribution in [2.75, 3.05) is 13.2 Å². The van der Waals surface area contributed by atoms with Crippen molar-refractivity contribution in [3.05, 3.63) is 0 Å². The molecule has 0 radical (unpaired) electrons.